The zero-order valence-corrected chi connectivity index (χ0v) is 17.1. The van der Waals surface area contributed by atoms with Crippen molar-refractivity contribution in [2.75, 3.05) is 13.1 Å². The fourth-order valence-corrected chi connectivity index (χ4v) is 3.14. The maximum Gasteiger partial charge on any atom is 0.290 e. The minimum Gasteiger partial charge on any atom is -0.464 e. The summed E-state index contributed by atoms with van der Waals surface area (Å²) in [4.78, 5) is 29.0. The minimum absolute atomic E-state index is 0.0890. The van der Waals surface area contributed by atoms with Crippen LogP contribution in [0.1, 0.15) is 41.0 Å². The lowest BCUT2D eigenvalue weighted by atomic mass is 10.2. The summed E-state index contributed by atoms with van der Waals surface area (Å²) >= 11 is 0. The van der Waals surface area contributed by atoms with E-state index in [0.29, 0.717) is 18.7 Å². The van der Waals surface area contributed by atoms with E-state index in [1.165, 1.54) is 23.3 Å². The standard InChI is InChI=1S/C23H25FN2O4/c1-3-12-25(23(28)21-5-4-13-29-21)16-22(27)26(15-20-11-6-17(2)30-20)14-18-7-9-19(24)10-8-18/h4-11,13H,3,12,14-16H2,1-2H3. The third kappa shape index (κ3) is 5.59. The summed E-state index contributed by atoms with van der Waals surface area (Å²) in [5.41, 5.74) is 0.785. The molecule has 0 saturated carbocycles. The molecule has 2 heterocycles. The predicted molar refractivity (Wildman–Crippen MR) is 109 cm³/mol. The molecule has 2 amide bonds. The Labute approximate surface area is 174 Å². The monoisotopic (exact) mass is 412 g/mol. The van der Waals surface area contributed by atoms with E-state index < -0.39 is 0 Å². The van der Waals surface area contributed by atoms with Gasteiger partial charge in [0.1, 0.15) is 23.9 Å². The van der Waals surface area contributed by atoms with Crippen molar-refractivity contribution in [3.05, 3.63) is 83.5 Å². The number of aryl methyl sites for hydroxylation is 1. The quantitative estimate of drug-likeness (QED) is 0.522. The van der Waals surface area contributed by atoms with Crippen molar-refractivity contribution in [3.63, 3.8) is 0 Å². The molecule has 0 aliphatic carbocycles. The molecular weight excluding hydrogens is 387 g/mol. The maximum atomic E-state index is 13.3. The summed E-state index contributed by atoms with van der Waals surface area (Å²) in [6.07, 6.45) is 2.13. The van der Waals surface area contributed by atoms with Crippen LogP contribution >= 0.6 is 0 Å². The van der Waals surface area contributed by atoms with Crippen molar-refractivity contribution in [2.24, 2.45) is 0 Å². The van der Waals surface area contributed by atoms with Crippen LogP contribution in [-0.4, -0.2) is 34.7 Å². The highest BCUT2D eigenvalue weighted by molar-refractivity contribution is 5.94. The molecule has 0 atom stereocenters. The Morgan fingerprint density at radius 2 is 1.77 bits per heavy atom. The lowest BCUT2D eigenvalue weighted by molar-refractivity contribution is -0.133. The van der Waals surface area contributed by atoms with Crippen molar-refractivity contribution in [1.82, 2.24) is 9.80 Å². The second kappa shape index (κ2) is 9.91. The number of hydrogen-bond donors (Lipinski definition) is 0. The molecule has 0 saturated heterocycles. The van der Waals surface area contributed by atoms with Crippen LogP contribution in [0.5, 0.6) is 0 Å². The van der Waals surface area contributed by atoms with Crippen molar-refractivity contribution in [3.8, 4) is 0 Å². The Balaban J connectivity index is 1.78. The van der Waals surface area contributed by atoms with Gasteiger partial charge in [0.15, 0.2) is 5.76 Å². The van der Waals surface area contributed by atoms with Crippen molar-refractivity contribution in [2.45, 2.75) is 33.4 Å². The molecule has 6 nitrogen and oxygen atoms in total. The average Bonchev–Trinajstić information content (AvgIpc) is 3.40. The Morgan fingerprint density at radius 1 is 1.00 bits per heavy atom. The molecule has 0 aliphatic heterocycles. The van der Waals surface area contributed by atoms with Crippen molar-refractivity contribution < 1.29 is 22.8 Å². The maximum absolute atomic E-state index is 13.3. The molecule has 3 rings (SSSR count). The molecule has 158 valence electrons. The number of rotatable bonds is 9. The smallest absolute Gasteiger partial charge is 0.290 e. The van der Waals surface area contributed by atoms with Crippen LogP contribution in [0.15, 0.2) is 63.6 Å². The molecule has 1 aromatic carbocycles. The zero-order valence-electron chi connectivity index (χ0n) is 17.1. The van der Waals surface area contributed by atoms with Crippen molar-refractivity contribution >= 4 is 11.8 Å². The number of benzene rings is 1. The highest BCUT2D eigenvalue weighted by atomic mass is 19.1. The van der Waals surface area contributed by atoms with Gasteiger partial charge in [-0.25, -0.2) is 4.39 Å². The van der Waals surface area contributed by atoms with Crippen LogP contribution in [0, 0.1) is 12.7 Å². The fraction of sp³-hybridized carbons (Fsp3) is 0.304. The van der Waals surface area contributed by atoms with Gasteiger partial charge in [-0.3, -0.25) is 9.59 Å². The third-order valence-electron chi connectivity index (χ3n) is 4.62. The van der Waals surface area contributed by atoms with Crippen LogP contribution in [0.25, 0.3) is 0 Å². The molecule has 30 heavy (non-hydrogen) atoms. The lowest BCUT2D eigenvalue weighted by Gasteiger charge is -2.27. The van der Waals surface area contributed by atoms with E-state index in [1.54, 1.807) is 29.2 Å². The molecule has 0 aliphatic rings. The summed E-state index contributed by atoms with van der Waals surface area (Å²) in [5.74, 6) is 0.689. The number of amides is 2. The fourth-order valence-electron chi connectivity index (χ4n) is 3.14. The molecule has 7 heteroatoms. The summed E-state index contributed by atoms with van der Waals surface area (Å²) < 4.78 is 24.1. The number of carbonyl (C=O) groups is 2. The van der Waals surface area contributed by atoms with E-state index in [1.807, 2.05) is 26.0 Å². The second-order valence-electron chi connectivity index (χ2n) is 7.09. The van der Waals surface area contributed by atoms with Crippen molar-refractivity contribution in [1.29, 1.82) is 0 Å². The van der Waals surface area contributed by atoms with Crippen LogP contribution in [0.2, 0.25) is 0 Å². The highest BCUT2D eigenvalue weighted by Crippen LogP contribution is 2.15. The Kier molecular flexibility index (Phi) is 7.06. The highest BCUT2D eigenvalue weighted by Gasteiger charge is 2.24. The molecule has 0 bridgehead atoms. The molecule has 0 fully saturated rings. The van der Waals surface area contributed by atoms with E-state index in [9.17, 15) is 14.0 Å². The molecule has 0 N–H and O–H groups in total. The molecule has 0 radical (unpaired) electrons. The van der Waals surface area contributed by atoms with E-state index in [2.05, 4.69) is 0 Å². The van der Waals surface area contributed by atoms with E-state index >= 15 is 0 Å². The van der Waals surface area contributed by atoms with Crippen LogP contribution in [0.4, 0.5) is 4.39 Å². The first kappa shape index (κ1) is 21.4. The summed E-state index contributed by atoms with van der Waals surface area (Å²) in [6, 6.07) is 12.9. The molecule has 0 unspecified atom stereocenters. The number of nitrogens with zero attached hydrogens (tertiary/aromatic N) is 2. The molecule has 2 aromatic heterocycles. The van der Waals surface area contributed by atoms with Gasteiger partial charge in [0.05, 0.1) is 12.8 Å². The lowest BCUT2D eigenvalue weighted by Crippen LogP contribution is -2.42. The Bertz CT molecular complexity index is 964. The van der Waals surface area contributed by atoms with Gasteiger partial charge in [-0.1, -0.05) is 19.1 Å². The van der Waals surface area contributed by atoms with E-state index in [-0.39, 0.29) is 43.0 Å². The van der Waals surface area contributed by atoms with E-state index in [4.69, 9.17) is 8.83 Å². The summed E-state index contributed by atoms with van der Waals surface area (Å²) in [6.45, 7) is 4.63. The van der Waals surface area contributed by atoms with Crippen LogP contribution in [0.3, 0.4) is 0 Å². The Morgan fingerprint density at radius 3 is 2.37 bits per heavy atom. The van der Waals surface area contributed by atoms with Gasteiger partial charge in [-0.05, 0) is 55.3 Å². The predicted octanol–water partition coefficient (Wildman–Crippen LogP) is 4.40. The van der Waals surface area contributed by atoms with Gasteiger partial charge < -0.3 is 18.6 Å². The molecular formula is C23H25FN2O4. The van der Waals surface area contributed by atoms with E-state index in [0.717, 1.165) is 11.3 Å². The summed E-state index contributed by atoms with van der Waals surface area (Å²) in [5, 5.41) is 0. The van der Waals surface area contributed by atoms with Gasteiger partial charge in [-0.15, -0.1) is 0 Å². The summed E-state index contributed by atoms with van der Waals surface area (Å²) in [7, 11) is 0. The zero-order chi connectivity index (χ0) is 21.5. The van der Waals surface area contributed by atoms with Gasteiger partial charge in [0.2, 0.25) is 5.91 Å². The SMILES string of the molecule is CCCN(CC(=O)N(Cc1ccc(F)cc1)Cc1ccc(C)o1)C(=O)c1ccco1. The largest absolute Gasteiger partial charge is 0.464 e. The normalized spacial score (nSPS) is 10.8. The number of carbonyl (C=O) groups excluding carboxylic acids is 2. The Hall–Kier alpha value is -3.35. The van der Waals surface area contributed by atoms with Gasteiger partial charge in [-0.2, -0.15) is 0 Å². The third-order valence-corrected chi connectivity index (χ3v) is 4.62. The van der Waals surface area contributed by atoms with Gasteiger partial charge in [0.25, 0.3) is 5.91 Å². The molecule has 3 aromatic rings. The van der Waals surface area contributed by atoms with Crippen LogP contribution in [-0.2, 0) is 17.9 Å². The number of halogens is 1. The average molecular weight is 412 g/mol. The second-order valence-corrected chi connectivity index (χ2v) is 7.09. The minimum atomic E-state index is -0.337. The number of furan rings is 2. The molecule has 0 spiro atoms. The first-order valence-corrected chi connectivity index (χ1v) is 9.86. The van der Waals surface area contributed by atoms with Gasteiger partial charge in [0, 0.05) is 13.1 Å². The number of hydrogen-bond acceptors (Lipinski definition) is 4. The first-order chi connectivity index (χ1) is 14.5. The first-order valence-electron chi connectivity index (χ1n) is 9.86. The topological polar surface area (TPSA) is 66.9 Å². The van der Waals surface area contributed by atoms with Gasteiger partial charge >= 0.3 is 0 Å². The van der Waals surface area contributed by atoms with Crippen LogP contribution < -0.4 is 0 Å².